The van der Waals surface area contributed by atoms with Crippen LogP contribution in [0.25, 0.3) is 5.57 Å². The number of aliphatic hydroxyl groups excluding tert-OH is 1. The molecule has 370 valence electrons. The first-order valence-corrected chi connectivity index (χ1v) is 24.7. The fraction of sp³-hybridized carbons (Fsp3) is 0.492. The fourth-order valence-corrected chi connectivity index (χ4v) is 9.37. The first kappa shape index (κ1) is 52.5. The molecule has 1 aliphatic heterocycles. The first-order chi connectivity index (χ1) is 32.1. The van der Waals surface area contributed by atoms with E-state index in [4.69, 9.17) is 9.47 Å². The topological polar surface area (TPSA) is 130 Å². The molecule has 0 fully saturated rings. The van der Waals surface area contributed by atoms with Crippen LogP contribution in [-0.4, -0.2) is 61.8 Å². The Morgan fingerprint density at radius 1 is 0.797 bits per heavy atom. The van der Waals surface area contributed by atoms with Crippen LogP contribution >= 0.6 is 0 Å². The van der Waals surface area contributed by atoms with Crippen molar-refractivity contribution in [3.63, 3.8) is 0 Å². The van der Waals surface area contributed by atoms with E-state index in [0.717, 1.165) is 50.6 Å². The van der Waals surface area contributed by atoms with Crippen LogP contribution in [0.15, 0.2) is 93.9 Å². The van der Waals surface area contributed by atoms with E-state index < -0.39 is 10.8 Å². The SMILES string of the molecule is C/N=C1C=C(NC(=O)C(C)(C)CCCOc2cc(C)ccc2C)/C(=C2\C(=O)C(c3cc4c(cc3NC(=O)C(C)(C)CCCOc3cc(C)ccc3C)N(C)C(C)C4(C)C)=C2O)C=C\1C(C)(C)C(C)C. The number of ether oxygens (including phenoxy) is 2. The Balaban J connectivity index is 1.35. The average Bonchev–Trinajstić information content (AvgIpc) is 3.44. The summed E-state index contributed by atoms with van der Waals surface area (Å²) in [5, 5.41) is 18.8. The molecule has 2 aliphatic carbocycles. The number of nitrogens with zero attached hydrogens (tertiary/aromatic N) is 2. The van der Waals surface area contributed by atoms with E-state index in [9.17, 15) is 14.7 Å². The molecule has 3 N–H and O–H groups in total. The zero-order valence-corrected chi connectivity index (χ0v) is 44.6. The molecular formula is C59H78N4O6. The van der Waals surface area contributed by atoms with Crippen molar-refractivity contribution >= 4 is 40.3 Å². The molecule has 0 spiro atoms. The van der Waals surface area contributed by atoms with Crippen molar-refractivity contribution in [1.82, 2.24) is 5.32 Å². The smallest absolute Gasteiger partial charge is 0.230 e. The number of anilines is 2. The number of likely N-dealkylation sites (N-methyl/N-ethyl adjacent to an activating group) is 1. The largest absolute Gasteiger partial charge is 0.506 e. The molecule has 0 bridgehead atoms. The lowest BCUT2D eigenvalue weighted by atomic mass is 9.69. The minimum atomic E-state index is -0.811. The molecule has 3 aromatic rings. The zero-order valence-electron chi connectivity index (χ0n) is 44.6. The second-order valence-electron chi connectivity index (χ2n) is 22.5. The Hall–Kier alpha value is -5.90. The number of benzene rings is 3. The van der Waals surface area contributed by atoms with E-state index in [0.29, 0.717) is 67.1 Å². The van der Waals surface area contributed by atoms with Gasteiger partial charge in [0, 0.05) is 53.2 Å². The van der Waals surface area contributed by atoms with E-state index in [-0.39, 0.29) is 57.3 Å². The van der Waals surface area contributed by atoms with Crippen LogP contribution in [0.1, 0.15) is 135 Å². The van der Waals surface area contributed by atoms with Gasteiger partial charge in [-0.3, -0.25) is 19.4 Å². The van der Waals surface area contributed by atoms with Gasteiger partial charge in [-0.1, -0.05) is 93.5 Å². The van der Waals surface area contributed by atoms with Gasteiger partial charge in [0.15, 0.2) is 0 Å². The molecule has 0 saturated heterocycles. The molecule has 0 aromatic heterocycles. The van der Waals surface area contributed by atoms with Crippen molar-refractivity contribution in [2.24, 2.45) is 27.2 Å². The van der Waals surface area contributed by atoms with Gasteiger partial charge in [0.05, 0.1) is 41.5 Å². The van der Waals surface area contributed by atoms with Crippen molar-refractivity contribution in [3.8, 4) is 11.5 Å². The summed E-state index contributed by atoms with van der Waals surface area (Å²) in [6, 6.07) is 16.3. The number of aliphatic imine (C=N–C) groups is 1. The van der Waals surface area contributed by atoms with Crippen LogP contribution in [0.4, 0.5) is 11.4 Å². The molecule has 0 saturated carbocycles. The number of hydrogen-bond acceptors (Lipinski definition) is 8. The van der Waals surface area contributed by atoms with Gasteiger partial charge in [0.2, 0.25) is 17.6 Å². The number of Topliss-reactive ketones (excluding diaryl/α,β-unsaturated/α-hetero) is 1. The summed E-state index contributed by atoms with van der Waals surface area (Å²) in [7, 11) is 3.77. The average molecular weight is 939 g/mol. The van der Waals surface area contributed by atoms with Gasteiger partial charge in [0.25, 0.3) is 0 Å². The maximum absolute atomic E-state index is 15.0. The van der Waals surface area contributed by atoms with Gasteiger partial charge in [-0.05, 0) is 141 Å². The number of carbonyl (C=O) groups is 3. The number of hydrogen-bond donors (Lipinski definition) is 3. The van der Waals surface area contributed by atoms with Gasteiger partial charge < -0.3 is 30.1 Å². The lowest BCUT2D eigenvalue weighted by Crippen LogP contribution is -2.39. The highest BCUT2D eigenvalue weighted by Gasteiger charge is 2.46. The van der Waals surface area contributed by atoms with Gasteiger partial charge in [-0.15, -0.1) is 0 Å². The van der Waals surface area contributed by atoms with Gasteiger partial charge in [0.1, 0.15) is 17.3 Å². The summed E-state index contributed by atoms with van der Waals surface area (Å²) >= 11 is 0. The Morgan fingerprint density at radius 2 is 1.32 bits per heavy atom. The van der Waals surface area contributed by atoms with E-state index in [1.54, 1.807) is 7.05 Å². The van der Waals surface area contributed by atoms with E-state index in [1.807, 2.05) is 111 Å². The molecule has 10 nitrogen and oxygen atoms in total. The summed E-state index contributed by atoms with van der Waals surface area (Å²) in [5.74, 6) is 0.867. The minimum Gasteiger partial charge on any atom is -0.506 e. The highest BCUT2D eigenvalue weighted by molar-refractivity contribution is 6.40. The number of nitrogens with one attached hydrogen (secondary N) is 2. The summed E-state index contributed by atoms with van der Waals surface area (Å²) in [6.45, 7) is 31.8. The highest BCUT2D eigenvalue weighted by Crippen LogP contribution is 2.51. The lowest BCUT2D eigenvalue weighted by molar-refractivity contribution is -0.129. The molecule has 1 atom stereocenters. The summed E-state index contributed by atoms with van der Waals surface area (Å²) in [5.41, 5.74) is 7.55. The molecule has 1 unspecified atom stereocenters. The molecule has 0 radical (unpaired) electrons. The monoisotopic (exact) mass is 939 g/mol. The predicted octanol–water partition coefficient (Wildman–Crippen LogP) is 12.6. The summed E-state index contributed by atoms with van der Waals surface area (Å²) in [6.07, 6.45) is 6.14. The molecule has 6 rings (SSSR count). The van der Waals surface area contributed by atoms with Gasteiger partial charge >= 0.3 is 0 Å². The summed E-state index contributed by atoms with van der Waals surface area (Å²) < 4.78 is 12.3. The van der Waals surface area contributed by atoms with Crippen molar-refractivity contribution in [1.29, 1.82) is 0 Å². The second-order valence-corrected chi connectivity index (χ2v) is 22.5. The quantitative estimate of drug-likeness (QED) is 0.0908. The lowest BCUT2D eigenvalue weighted by Gasteiger charge is -2.36. The van der Waals surface area contributed by atoms with Crippen LogP contribution in [0, 0.1) is 49.9 Å². The number of allylic oxidation sites excluding steroid dienone is 5. The number of aryl methyl sites for hydroxylation is 4. The maximum atomic E-state index is 15.0. The highest BCUT2D eigenvalue weighted by atomic mass is 16.5. The Kier molecular flexibility index (Phi) is 15.1. The van der Waals surface area contributed by atoms with Crippen LogP contribution in [0.5, 0.6) is 11.5 Å². The van der Waals surface area contributed by atoms with Crippen LogP contribution in [-0.2, 0) is 19.8 Å². The third kappa shape index (κ3) is 10.5. The van der Waals surface area contributed by atoms with Crippen LogP contribution in [0.2, 0.25) is 0 Å². The van der Waals surface area contributed by atoms with Crippen molar-refractivity contribution in [2.45, 2.75) is 141 Å². The number of aliphatic hydroxyl groups is 1. The molecule has 10 heteroatoms. The molecular weight excluding hydrogens is 861 g/mol. The molecule has 3 aromatic carbocycles. The minimum absolute atomic E-state index is 0.107. The van der Waals surface area contributed by atoms with Gasteiger partial charge in [-0.2, -0.15) is 0 Å². The summed E-state index contributed by atoms with van der Waals surface area (Å²) in [4.78, 5) is 50.6. The standard InChI is InChI=1S/C59H78N4O6/c1-34(2)58(12,13)42-30-40(44(32-46(42)60-16)61-54(66)56(8,9)24-18-26-68-48-28-35(3)20-22-37(48)5)50-52(64)51(53(50)65)41-31-43-47(63(17)39(7)59(43,14)15)33-45(41)62-55(67)57(10,11)25-19-27-69-49-29-36(4)21-23-38(49)6/h20-23,28-34,39,64H,18-19,24-27H2,1-17H3,(H,61,66)(H,62,67)/b50-40-,60-46+. The Labute approximate surface area is 412 Å². The van der Waals surface area contributed by atoms with Crippen molar-refractivity contribution < 1.29 is 29.0 Å². The van der Waals surface area contributed by atoms with E-state index >= 15 is 4.79 Å². The number of amides is 2. The normalized spacial score (nSPS) is 18.8. The number of fused-ring (bicyclic) bond motifs is 1. The first-order valence-electron chi connectivity index (χ1n) is 24.7. The Bertz CT molecular complexity index is 2700. The van der Waals surface area contributed by atoms with Gasteiger partial charge in [-0.25, -0.2) is 0 Å². The van der Waals surface area contributed by atoms with Crippen molar-refractivity contribution in [2.75, 3.05) is 37.5 Å². The molecule has 1 heterocycles. The fourth-order valence-electron chi connectivity index (χ4n) is 9.37. The predicted molar refractivity (Wildman–Crippen MR) is 283 cm³/mol. The zero-order chi connectivity index (χ0) is 51.1. The Morgan fingerprint density at radius 3 is 1.81 bits per heavy atom. The van der Waals surface area contributed by atoms with E-state index in [1.165, 1.54) is 0 Å². The van der Waals surface area contributed by atoms with Crippen molar-refractivity contribution in [3.05, 3.63) is 122 Å². The van der Waals surface area contributed by atoms with Crippen LogP contribution < -0.4 is 25.0 Å². The molecule has 2 amide bonds. The second kappa shape index (κ2) is 19.8. The third-order valence-electron chi connectivity index (χ3n) is 15.6. The molecule has 3 aliphatic rings. The van der Waals surface area contributed by atoms with Crippen LogP contribution in [0.3, 0.4) is 0 Å². The third-order valence-corrected chi connectivity index (χ3v) is 15.6. The number of carbonyl (C=O) groups excluding carboxylic acids is 3. The number of rotatable bonds is 17. The van der Waals surface area contributed by atoms with E-state index in [2.05, 4.69) is 81.1 Å². The molecule has 69 heavy (non-hydrogen) atoms. The maximum Gasteiger partial charge on any atom is 0.230 e. The number of ketones is 1.